The quantitative estimate of drug-likeness (QED) is 0.895. The van der Waals surface area contributed by atoms with Crippen LogP contribution in [0.5, 0.6) is 0 Å². The molecule has 2 fully saturated rings. The lowest BCUT2D eigenvalue weighted by Crippen LogP contribution is -2.56. The fourth-order valence-electron chi connectivity index (χ4n) is 3.45. The molecule has 6 heteroatoms. The maximum absolute atomic E-state index is 13.6. The van der Waals surface area contributed by atoms with Gasteiger partial charge in [0.2, 0.25) is 0 Å². The Morgan fingerprint density at radius 3 is 2.74 bits per heavy atom. The molecule has 0 bridgehead atoms. The molecule has 1 aromatic rings. The van der Waals surface area contributed by atoms with Crippen molar-refractivity contribution in [2.45, 2.75) is 44.2 Å². The van der Waals surface area contributed by atoms with Gasteiger partial charge in [-0.2, -0.15) is 0 Å². The molecule has 1 spiro atoms. The number of carboxylic acid groups (broad SMARTS) is 1. The van der Waals surface area contributed by atoms with E-state index in [4.69, 9.17) is 9.84 Å². The third-order valence-corrected chi connectivity index (χ3v) is 4.85. The Balaban J connectivity index is 1.60. The third-order valence-electron chi connectivity index (χ3n) is 4.85. The number of benzene rings is 1. The van der Waals surface area contributed by atoms with Crippen LogP contribution in [-0.4, -0.2) is 35.2 Å². The molecule has 1 saturated heterocycles. The van der Waals surface area contributed by atoms with Gasteiger partial charge in [0.25, 0.3) is 5.91 Å². The van der Waals surface area contributed by atoms with Crippen LogP contribution in [0.4, 0.5) is 4.39 Å². The standard InChI is InChI=1S/C17H20FNO4/c1-10-2-3-11(6-14(10)18)15(20)19-13-4-5-23-17(9-13)7-12(8-17)16(21)22/h2-3,6,12-13H,4-5,7-9H2,1H3,(H,19,20)(H,21,22). The second-order valence-corrected chi connectivity index (χ2v) is 6.60. The molecular weight excluding hydrogens is 301 g/mol. The van der Waals surface area contributed by atoms with Gasteiger partial charge in [-0.25, -0.2) is 4.39 Å². The smallest absolute Gasteiger partial charge is 0.306 e. The molecule has 1 atom stereocenters. The molecule has 0 aromatic heterocycles. The average molecular weight is 321 g/mol. The highest BCUT2D eigenvalue weighted by Crippen LogP contribution is 2.46. The Bertz CT molecular complexity index is 639. The van der Waals surface area contributed by atoms with Crippen molar-refractivity contribution in [3.05, 3.63) is 35.1 Å². The SMILES string of the molecule is Cc1ccc(C(=O)NC2CCOC3(C2)CC(C(=O)O)C3)cc1F. The lowest BCUT2D eigenvalue weighted by Gasteiger charge is -2.50. The second kappa shape index (κ2) is 5.92. The molecule has 2 aliphatic rings. The Kier molecular flexibility index (Phi) is 4.10. The van der Waals surface area contributed by atoms with E-state index in [2.05, 4.69) is 5.32 Å². The van der Waals surface area contributed by atoms with Gasteiger partial charge < -0.3 is 15.2 Å². The zero-order valence-electron chi connectivity index (χ0n) is 13.0. The van der Waals surface area contributed by atoms with E-state index in [1.54, 1.807) is 19.1 Å². The molecule has 124 valence electrons. The molecular formula is C17H20FNO4. The summed E-state index contributed by atoms with van der Waals surface area (Å²) in [7, 11) is 0. The highest BCUT2D eigenvalue weighted by molar-refractivity contribution is 5.94. The predicted molar refractivity (Wildman–Crippen MR) is 80.7 cm³/mol. The number of nitrogens with one attached hydrogen (secondary N) is 1. The van der Waals surface area contributed by atoms with Crippen LogP contribution >= 0.6 is 0 Å². The van der Waals surface area contributed by atoms with E-state index < -0.39 is 17.4 Å². The van der Waals surface area contributed by atoms with Gasteiger partial charge in [-0.15, -0.1) is 0 Å². The first-order valence-electron chi connectivity index (χ1n) is 7.82. The van der Waals surface area contributed by atoms with Crippen LogP contribution in [0.2, 0.25) is 0 Å². The van der Waals surface area contributed by atoms with E-state index >= 15 is 0 Å². The Morgan fingerprint density at radius 1 is 1.35 bits per heavy atom. The van der Waals surface area contributed by atoms with Gasteiger partial charge in [0.15, 0.2) is 0 Å². The van der Waals surface area contributed by atoms with Crippen LogP contribution in [-0.2, 0) is 9.53 Å². The summed E-state index contributed by atoms with van der Waals surface area (Å²) in [5, 5.41) is 11.9. The van der Waals surface area contributed by atoms with E-state index in [0.29, 0.717) is 43.4 Å². The Labute approximate surface area is 133 Å². The van der Waals surface area contributed by atoms with Crippen LogP contribution in [0.15, 0.2) is 18.2 Å². The fourth-order valence-corrected chi connectivity index (χ4v) is 3.45. The summed E-state index contributed by atoms with van der Waals surface area (Å²) in [4.78, 5) is 23.2. The summed E-state index contributed by atoms with van der Waals surface area (Å²) < 4.78 is 19.3. The maximum atomic E-state index is 13.6. The van der Waals surface area contributed by atoms with Gasteiger partial charge in [-0.3, -0.25) is 9.59 Å². The summed E-state index contributed by atoms with van der Waals surface area (Å²) in [6, 6.07) is 4.35. The summed E-state index contributed by atoms with van der Waals surface area (Å²) >= 11 is 0. The minimum atomic E-state index is -0.791. The summed E-state index contributed by atoms with van der Waals surface area (Å²) in [5.74, 6) is -1.85. The van der Waals surface area contributed by atoms with E-state index in [0.717, 1.165) is 0 Å². The highest BCUT2D eigenvalue weighted by Gasteiger charge is 2.51. The normalized spacial score (nSPS) is 29.8. The monoisotopic (exact) mass is 321 g/mol. The average Bonchev–Trinajstić information content (AvgIpc) is 2.47. The van der Waals surface area contributed by atoms with E-state index in [1.165, 1.54) is 6.07 Å². The zero-order valence-corrected chi connectivity index (χ0v) is 13.0. The molecule has 1 amide bonds. The molecule has 1 unspecified atom stereocenters. The van der Waals surface area contributed by atoms with E-state index in [1.807, 2.05) is 0 Å². The van der Waals surface area contributed by atoms with Gasteiger partial charge >= 0.3 is 5.97 Å². The van der Waals surface area contributed by atoms with Crippen molar-refractivity contribution in [3.8, 4) is 0 Å². The molecule has 5 nitrogen and oxygen atoms in total. The van der Waals surface area contributed by atoms with Crippen LogP contribution < -0.4 is 5.32 Å². The first kappa shape index (κ1) is 15.9. The van der Waals surface area contributed by atoms with Crippen molar-refractivity contribution in [2.24, 2.45) is 5.92 Å². The third kappa shape index (κ3) is 3.22. The Hall–Kier alpha value is -1.95. The van der Waals surface area contributed by atoms with Crippen molar-refractivity contribution in [1.29, 1.82) is 0 Å². The van der Waals surface area contributed by atoms with Gasteiger partial charge in [0, 0.05) is 18.2 Å². The van der Waals surface area contributed by atoms with Crippen molar-refractivity contribution >= 4 is 11.9 Å². The molecule has 3 rings (SSSR count). The van der Waals surface area contributed by atoms with E-state index in [9.17, 15) is 14.0 Å². The largest absolute Gasteiger partial charge is 0.481 e. The Morgan fingerprint density at radius 2 is 2.09 bits per heavy atom. The van der Waals surface area contributed by atoms with E-state index in [-0.39, 0.29) is 17.9 Å². The maximum Gasteiger partial charge on any atom is 0.306 e. The van der Waals surface area contributed by atoms with Crippen LogP contribution in [0.3, 0.4) is 0 Å². The van der Waals surface area contributed by atoms with Gasteiger partial charge in [0.05, 0.1) is 11.5 Å². The van der Waals surface area contributed by atoms with Gasteiger partial charge in [-0.05, 0) is 50.3 Å². The summed E-state index contributed by atoms with van der Waals surface area (Å²) in [6.07, 6.45) is 2.28. The number of carbonyl (C=O) groups excluding carboxylic acids is 1. The number of hydrogen-bond acceptors (Lipinski definition) is 3. The lowest BCUT2D eigenvalue weighted by molar-refractivity contribution is -0.181. The predicted octanol–water partition coefficient (Wildman–Crippen LogP) is 2.28. The first-order valence-corrected chi connectivity index (χ1v) is 7.82. The number of carbonyl (C=O) groups is 2. The van der Waals surface area contributed by atoms with Crippen LogP contribution in [0.1, 0.15) is 41.6 Å². The van der Waals surface area contributed by atoms with Crippen LogP contribution in [0, 0.1) is 18.7 Å². The number of ether oxygens (including phenoxy) is 1. The van der Waals surface area contributed by atoms with Crippen molar-refractivity contribution in [2.75, 3.05) is 6.61 Å². The van der Waals surface area contributed by atoms with Crippen molar-refractivity contribution in [1.82, 2.24) is 5.32 Å². The summed E-state index contributed by atoms with van der Waals surface area (Å²) in [5.41, 5.74) is 0.379. The minimum Gasteiger partial charge on any atom is -0.481 e. The molecule has 1 heterocycles. The van der Waals surface area contributed by atoms with Crippen molar-refractivity contribution in [3.63, 3.8) is 0 Å². The molecule has 1 aromatic carbocycles. The van der Waals surface area contributed by atoms with Gasteiger partial charge in [0.1, 0.15) is 5.82 Å². The molecule has 1 saturated carbocycles. The summed E-state index contributed by atoms with van der Waals surface area (Å²) in [6.45, 7) is 2.15. The number of halogens is 1. The lowest BCUT2D eigenvalue weighted by atomic mass is 9.66. The number of aliphatic carboxylic acids is 1. The molecule has 23 heavy (non-hydrogen) atoms. The number of aryl methyl sites for hydroxylation is 1. The fraction of sp³-hybridized carbons (Fsp3) is 0.529. The van der Waals surface area contributed by atoms with Crippen molar-refractivity contribution < 1.29 is 23.8 Å². The number of carboxylic acids is 1. The van der Waals surface area contributed by atoms with Gasteiger partial charge in [-0.1, -0.05) is 6.07 Å². The zero-order chi connectivity index (χ0) is 16.6. The first-order chi connectivity index (χ1) is 10.9. The highest BCUT2D eigenvalue weighted by atomic mass is 19.1. The minimum absolute atomic E-state index is 0.0737. The number of amides is 1. The molecule has 2 N–H and O–H groups in total. The molecule has 1 aliphatic carbocycles. The number of rotatable bonds is 3. The molecule has 0 radical (unpaired) electrons. The number of hydrogen-bond donors (Lipinski definition) is 2. The molecule has 1 aliphatic heterocycles. The second-order valence-electron chi connectivity index (χ2n) is 6.60. The topological polar surface area (TPSA) is 75.6 Å². The van der Waals surface area contributed by atoms with Crippen LogP contribution in [0.25, 0.3) is 0 Å².